The smallest absolute Gasteiger partial charge is 0.137 e. The minimum absolute atomic E-state index is 0.196. The lowest BCUT2D eigenvalue weighted by Gasteiger charge is -2.47. The highest BCUT2D eigenvalue weighted by molar-refractivity contribution is 5.54. The first-order chi connectivity index (χ1) is 11.5. The maximum absolute atomic E-state index is 10.8. The minimum atomic E-state index is -0.771. The Labute approximate surface area is 152 Å². The van der Waals surface area contributed by atoms with Gasteiger partial charge in [0.1, 0.15) is 11.4 Å². The summed E-state index contributed by atoms with van der Waals surface area (Å²) < 4.78 is 11.8. The van der Waals surface area contributed by atoms with Gasteiger partial charge in [-0.15, -0.1) is 0 Å². The van der Waals surface area contributed by atoms with Crippen LogP contribution in [0.25, 0.3) is 0 Å². The van der Waals surface area contributed by atoms with E-state index in [4.69, 9.17) is 9.47 Å². The average Bonchev–Trinajstić information content (AvgIpc) is 2.53. The second-order valence-electron chi connectivity index (χ2n) is 8.73. The van der Waals surface area contributed by atoms with Crippen LogP contribution in [0, 0.1) is 10.8 Å². The molecule has 0 aromatic heterocycles. The van der Waals surface area contributed by atoms with Gasteiger partial charge in [-0.3, -0.25) is 0 Å². The van der Waals surface area contributed by atoms with Crippen LogP contribution in [0.15, 0.2) is 47.6 Å². The van der Waals surface area contributed by atoms with Gasteiger partial charge in [-0.25, -0.2) is 0 Å². The Balaban J connectivity index is 2.92. The summed E-state index contributed by atoms with van der Waals surface area (Å²) in [5, 5.41) is 10.8. The molecule has 2 rings (SSSR count). The lowest BCUT2D eigenvalue weighted by atomic mass is 9.63. The van der Waals surface area contributed by atoms with E-state index in [0.717, 1.165) is 22.5 Å². The van der Waals surface area contributed by atoms with Crippen LogP contribution in [-0.4, -0.2) is 25.4 Å². The molecule has 0 aliphatic heterocycles. The van der Waals surface area contributed by atoms with Crippen molar-refractivity contribution in [3.05, 3.63) is 53.1 Å². The number of hydrogen-bond donors (Lipinski definition) is 1. The molecule has 1 aliphatic carbocycles. The Morgan fingerprint density at radius 3 is 2.04 bits per heavy atom. The summed E-state index contributed by atoms with van der Waals surface area (Å²) in [5.74, 6) is 0.778. The van der Waals surface area contributed by atoms with Crippen LogP contribution < -0.4 is 4.74 Å². The summed E-state index contributed by atoms with van der Waals surface area (Å²) in [5.41, 5.74) is 1.89. The number of rotatable bonds is 3. The maximum Gasteiger partial charge on any atom is 0.137 e. The van der Waals surface area contributed by atoms with Crippen LogP contribution in [0.4, 0.5) is 0 Å². The van der Waals surface area contributed by atoms with E-state index in [2.05, 4.69) is 41.5 Å². The molecule has 3 heteroatoms. The fourth-order valence-corrected chi connectivity index (χ4v) is 3.99. The van der Waals surface area contributed by atoms with Gasteiger partial charge in [0.25, 0.3) is 0 Å². The van der Waals surface area contributed by atoms with E-state index in [-0.39, 0.29) is 10.8 Å². The first-order valence-electron chi connectivity index (χ1n) is 8.80. The van der Waals surface area contributed by atoms with Crippen molar-refractivity contribution in [1.82, 2.24) is 0 Å². The van der Waals surface area contributed by atoms with Crippen molar-refractivity contribution in [2.45, 2.75) is 53.2 Å². The molecule has 2 atom stereocenters. The molecule has 0 spiro atoms. The molecule has 25 heavy (non-hydrogen) atoms. The van der Waals surface area contributed by atoms with Crippen molar-refractivity contribution in [3.8, 4) is 5.75 Å². The van der Waals surface area contributed by atoms with Gasteiger partial charge in [-0.1, -0.05) is 65.8 Å². The van der Waals surface area contributed by atoms with Gasteiger partial charge in [0.2, 0.25) is 0 Å². The molecule has 2 unspecified atom stereocenters. The van der Waals surface area contributed by atoms with Crippen molar-refractivity contribution in [3.63, 3.8) is 0 Å². The normalized spacial score (nSPS) is 24.6. The first-order valence-corrected chi connectivity index (χ1v) is 8.80. The highest BCUT2D eigenvalue weighted by atomic mass is 16.5. The third-order valence-corrected chi connectivity index (χ3v) is 4.84. The Morgan fingerprint density at radius 1 is 0.960 bits per heavy atom. The van der Waals surface area contributed by atoms with Crippen molar-refractivity contribution in [2.24, 2.45) is 10.8 Å². The third kappa shape index (κ3) is 3.40. The zero-order chi connectivity index (χ0) is 19.0. The maximum atomic E-state index is 10.8. The number of ether oxygens (including phenoxy) is 2. The number of aliphatic hydroxyl groups excluding tert-OH is 1. The van der Waals surface area contributed by atoms with E-state index in [1.807, 2.05) is 36.4 Å². The fourth-order valence-electron chi connectivity index (χ4n) is 3.99. The molecular formula is C22H32O3. The van der Waals surface area contributed by atoms with E-state index >= 15 is 0 Å². The van der Waals surface area contributed by atoms with E-state index in [1.54, 1.807) is 14.2 Å². The molecule has 0 radical (unpaired) electrons. The van der Waals surface area contributed by atoms with Crippen LogP contribution in [-0.2, 0) is 10.3 Å². The SMILES string of the molecule is COc1ccccc1C1(OC)C=CC(O)C(C(C)(C)C)=C1C(C)(C)C. The molecule has 1 N–H and O–H groups in total. The zero-order valence-electron chi connectivity index (χ0n) is 16.8. The quantitative estimate of drug-likeness (QED) is 0.796. The molecule has 0 saturated heterocycles. The van der Waals surface area contributed by atoms with Gasteiger partial charge >= 0.3 is 0 Å². The standard InChI is InChI=1S/C22H32O3/c1-20(2,3)18-16(23)13-14-22(25-8,19(18)21(4,5)6)15-11-9-10-12-17(15)24-7/h9-14,16,23H,1-8H3. The van der Waals surface area contributed by atoms with Crippen LogP contribution in [0.3, 0.4) is 0 Å². The van der Waals surface area contributed by atoms with E-state index in [1.165, 1.54) is 0 Å². The fraction of sp³-hybridized carbons (Fsp3) is 0.545. The Kier molecular flexibility index (Phi) is 5.23. The molecule has 3 nitrogen and oxygen atoms in total. The summed E-state index contributed by atoms with van der Waals surface area (Å²) in [7, 11) is 3.40. The van der Waals surface area contributed by atoms with Crippen LogP contribution in [0.1, 0.15) is 47.1 Å². The summed E-state index contributed by atoms with van der Waals surface area (Å²) in [4.78, 5) is 0. The second kappa shape index (κ2) is 6.62. The lowest BCUT2D eigenvalue weighted by molar-refractivity contribution is 0.0332. The van der Waals surface area contributed by atoms with Gasteiger partial charge in [0.15, 0.2) is 0 Å². The van der Waals surface area contributed by atoms with Gasteiger partial charge in [-0.05, 0) is 34.1 Å². The van der Waals surface area contributed by atoms with Gasteiger partial charge in [-0.2, -0.15) is 0 Å². The number of methoxy groups -OCH3 is 2. The third-order valence-electron chi connectivity index (χ3n) is 4.84. The van der Waals surface area contributed by atoms with Crippen molar-refractivity contribution >= 4 is 0 Å². The van der Waals surface area contributed by atoms with Crippen molar-refractivity contribution in [1.29, 1.82) is 0 Å². The Hall–Kier alpha value is -1.58. The van der Waals surface area contributed by atoms with Crippen molar-refractivity contribution in [2.75, 3.05) is 14.2 Å². The molecule has 138 valence electrons. The topological polar surface area (TPSA) is 38.7 Å². The average molecular weight is 344 g/mol. The number of hydrogen-bond acceptors (Lipinski definition) is 3. The second-order valence-corrected chi connectivity index (χ2v) is 8.73. The predicted octanol–water partition coefficient (Wildman–Crippen LogP) is 4.86. The monoisotopic (exact) mass is 344 g/mol. The number of benzene rings is 1. The molecule has 0 heterocycles. The van der Waals surface area contributed by atoms with Crippen LogP contribution in [0.2, 0.25) is 0 Å². The summed E-state index contributed by atoms with van der Waals surface area (Å²) in [6, 6.07) is 7.94. The summed E-state index contributed by atoms with van der Waals surface area (Å²) in [6.07, 6.45) is 3.20. The number of aliphatic hydroxyl groups is 1. The van der Waals surface area contributed by atoms with E-state index < -0.39 is 11.7 Å². The molecule has 1 aromatic carbocycles. The number of para-hydroxylation sites is 1. The molecule has 0 amide bonds. The molecule has 0 fully saturated rings. The molecule has 1 aliphatic rings. The Morgan fingerprint density at radius 2 is 1.56 bits per heavy atom. The molecular weight excluding hydrogens is 312 g/mol. The first kappa shape index (κ1) is 19.7. The zero-order valence-corrected chi connectivity index (χ0v) is 16.8. The lowest BCUT2D eigenvalue weighted by Crippen LogP contribution is -2.43. The van der Waals surface area contributed by atoms with E-state index in [9.17, 15) is 5.11 Å². The van der Waals surface area contributed by atoms with Gasteiger partial charge < -0.3 is 14.6 Å². The summed E-state index contributed by atoms with van der Waals surface area (Å²) in [6.45, 7) is 12.9. The van der Waals surface area contributed by atoms with Gasteiger partial charge in [0, 0.05) is 12.7 Å². The minimum Gasteiger partial charge on any atom is -0.496 e. The van der Waals surface area contributed by atoms with Gasteiger partial charge in [0.05, 0.1) is 13.2 Å². The molecule has 1 aromatic rings. The van der Waals surface area contributed by atoms with Crippen molar-refractivity contribution < 1.29 is 14.6 Å². The van der Waals surface area contributed by atoms with Crippen LogP contribution >= 0.6 is 0 Å². The summed E-state index contributed by atoms with van der Waals surface area (Å²) >= 11 is 0. The molecule has 0 saturated carbocycles. The largest absolute Gasteiger partial charge is 0.496 e. The van der Waals surface area contributed by atoms with E-state index in [0.29, 0.717) is 0 Å². The van der Waals surface area contributed by atoms with Crippen LogP contribution in [0.5, 0.6) is 5.75 Å². The predicted molar refractivity (Wildman–Crippen MR) is 103 cm³/mol. The highest BCUT2D eigenvalue weighted by Gasteiger charge is 2.48. The highest BCUT2D eigenvalue weighted by Crippen LogP contribution is 2.53. The molecule has 0 bridgehead atoms. The Bertz CT molecular complexity index is 686.